The Hall–Kier alpha value is -3.26. The Morgan fingerprint density at radius 3 is 2.33 bits per heavy atom. The van der Waals surface area contributed by atoms with Crippen molar-refractivity contribution in [3.05, 3.63) is 54.1 Å². The Kier molecular flexibility index (Phi) is 7.13. The molecule has 1 N–H and O–H groups in total. The lowest BCUT2D eigenvalue weighted by Gasteiger charge is -2.23. The second-order valence-corrected chi connectivity index (χ2v) is 6.88. The first-order chi connectivity index (χ1) is 14.5. The number of aliphatic hydroxyl groups excluding tert-OH is 1. The summed E-state index contributed by atoms with van der Waals surface area (Å²) in [5.74, 6) is 0.710. The number of nitrogens with zero attached hydrogens (tertiary/aromatic N) is 2. The molecule has 160 valence electrons. The van der Waals surface area contributed by atoms with Crippen LogP contribution in [-0.4, -0.2) is 79.8 Å². The van der Waals surface area contributed by atoms with Gasteiger partial charge in [-0.25, -0.2) is 0 Å². The lowest BCUT2D eigenvalue weighted by Crippen LogP contribution is -2.41. The van der Waals surface area contributed by atoms with Crippen LogP contribution in [0.5, 0.6) is 17.2 Å². The van der Waals surface area contributed by atoms with E-state index >= 15 is 0 Å². The number of hydrogen-bond donors (Lipinski definition) is 1. The first-order valence-corrected chi connectivity index (χ1v) is 9.67. The van der Waals surface area contributed by atoms with E-state index in [-0.39, 0.29) is 37.7 Å². The summed E-state index contributed by atoms with van der Waals surface area (Å²) in [6.45, 7) is 0.607. The summed E-state index contributed by atoms with van der Waals surface area (Å²) >= 11 is 0. The average Bonchev–Trinajstić information content (AvgIpc) is 2.91. The van der Waals surface area contributed by atoms with Gasteiger partial charge in [0.25, 0.3) is 5.91 Å². The van der Waals surface area contributed by atoms with Crippen LogP contribution < -0.4 is 14.2 Å². The Labute approximate surface area is 175 Å². The molecule has 0 bridgehead atoms. The first-order valence-electron chi connectivity index (χ1n) is 9.67. The molecular formula is C22H26N2O6. The van der Waals surface area contributed by atoms with Crippen molar-refractivity contribution in [2.45, 2.75) is 6.10 Å². The Morgan fingerprint density at radius 2 is 1.70 bits per heavy atom. The maximum absolute atomic E-state index is 13.2. The van der Waals surface area contributed by atoms with E-state index in [0.717, 1.165) is 0 Å². The van der Waals surface area contributed by atoms with Gasteiger partial charge in [-0.15, -0.1) is 0 Å². The van der Waals surface area contributed by atoms with Crippen LogP contribution in [0.4, 0.5) is 0 Å². The Morgan fingerprint density at radius 1 is 1.03 bits per heavy atom. The molecule has 2 aromatic rings. The number of hydrogen-bond acceptors (Lipinski definition) is 6. The third-order valence-corrected chi connectivity index (χ3v) is 4.84. The van der Waals surface area contributed by atoms with Crippen molar-refractivity contribution in [1.82, 2.24) is 9.80 Å². The van der Waals surface area contributed by atoms with Crippen molar-refractivity contribution in [2.24, 2.45) is 0 Å². The van der Waals surface area contributed by atoms with Gasteiger partial charge in [-0.2, -0.15) is 0 Å². The summed E-state index contributed by atoms with van der Waals surface area (Å²) in [6, 6.07) is 14.3. The molecule has 1 unspecified atom stereocenters. The highest BCUT2D eigenvalue weighted by atomic mass is 16.5. The molecule has 8 heteroatoms. The van der Waals surface area contributed by atoms with Gasteiger partial charge in [0.2, 0.25) is 5.91 Å². The molecule has 8 nitrogen and oxygen atoms in total. The summed E-state index contributed by atoms with van der Waals surface area (Å²) < 4.78 is 16.2. The molecule has 0 saturated carbocycles. The van der Waals surface area contributed by atoms with Gasteiger partial charge in [0.15, 0.2) is 0 Å². The number of ether oxygens (including phenoxy) is 3. The fourth-order valence-corrected chi connectivity index (χ4v) is 3.38. The maximum atomic E-state index is 13.2. The quantitative estimate of drug-likeness (QED) is 0.737. The van der Waals surface area contributed by atoms with Crippen LogP contribution in [0.25, 0.3) is 0 Å². The fourth-order valence-electron chi connectivity index (χ4n) is 3.38. The smallest absolute Gasteiger partial charge is 0.261 e. The molecule has 3 rings (SSSR count). The Balaban J connectivity index is 1.69. The van der Waals surface area contributed by atoms with E-state index < -0.39 is 12.0 Å². The van der Waals surface area contributed by atoms with Gasteiger partial charge in [0.1, 0.15) is 36.0 Å². The van der Waals surface area contributed by atoms with E-state index in [9.17, 15) is 14.7 Å². The van der Waals surface area contributed by atoms with Gasteiger partial charge in [0, 0.05) is 13.1 Å². The molecule has 0 radical (unpaired) electrons. The second-order valence-electron chi connectivity index (χ2n) is 6.88. The lowest BCUT2D eigenvalue weighted by molar-refractivity contribution is -0.131. The minimum Gasteiger partial charge on any atom is -0.496 e. The van der Waals surface area contributed by atoms with Crippen LogP contribution in [-0.2, 0) is 4.79 Å². The van der Waals surface area contributed by atoms with Crippen molar-refractivity contribution < 1.29 is 28.9 Å². The van der Waals surface area contributed by atoms with Gasteiger partial charge in [-0.3, -0.25) is 9.59 Å². The standard InChI is InChI=1S/C22H26N2O6/c1-28-18-9-6-10-19(29-2)21(18)22(27)24-14-16(25)13-23(20(26)15-24)11-12-30-17-7-4-3-5-8-17/h3-10,16,25H,11-15H2,1-2H3. The van der Waals surface area contributed by atoms with Gasteiger partial charge < -0.3 is 29.1 Å². The van der Waals surface area contributed by atoms with Crippen LogP contribution in [0.1, 0.15) is 10.4 Å². The first kappa shape index (κ1) is 21.4. The van der Waals surface area contributed by atoms with Gasteiger partial charge in [-0.05, 0) is 24.3 Å². The van der Waals surface area contributed by atoms with Crippen molar-refractivity contribution in [1.29, 1.82) is 0 Å². The molecule has 2 amide bonds. The summed E-state index contributed by atoms with van der Waals surface area (Å²) in [5, 5.41) is 10.4. The highest BCUT2D eigenvalue weighted by Crippen LogP contribution is 2.30. The molecular weight excluding hydrogens is 388 g/mol. The van der Waals surface area contributed by atoms with E-state index in [0.29, 0.717) is 23.8 Å². The van der Waals surface area contributed by atoms with Gasteiger partial charge in [-0.1, -0.05) is 24.3 Å². The number of methoxy groups -OCH3 is 2. The average molecular weight is 414 g/mol. The molecule has 2 aromatic carbocycles. The minimum absolute atomic E-state index is 0.0296. The molecule has 1 saturated heterocycles. The Bertz CT molecular complexity index is 851. The summed E-state index contributed by atoms with van der Waals surface area (Å²) in [7, 11) is 2.92. The predicted octanol–water partition coefficient (Wildman–Crippen LogP) is 1.43. The number of carbonyl (C=O) groups excluding carboxylic acids is 2. The topological polar surface area (TPSA) is 88.5 Å². The highest BCUT2D eigenvalue weighted by molar-refractivity contribution is 6.01. The van der Waals surface area contributed by atoms with Crippen molar-refractivity contribution in [3.8, 4) is 17.2 Å². The van der Waals surface area contributed by atoms with Crippen LogP contribution in [0.3, 0.4) is 0 Å². The van der Waals surface area contributed by atoms with Crippen LogP contribution >= 0.6 is 0 Å². The summed E-state index contributed by atoms with van der Waals surface area (Å²) in [4.78, 5) is 28.8. The molecule has 1 aliphatic heterocycles. The summed E-state index contributed by atoms with van der Waals surface area (Å²) in [6.07, 6.45) is -0.877. The number of amides is 2. The molecule has 1 heterocycles. The highest BCUT2D eigenvalue weighted by Gasteiger charge is 2.32. The monoisotopic (exact) mass is 414 g/mol. The fraction of sp³-hybridized carbons (Fsp3) is 0.364. The number of β-amino-alcohol motifs (C(OH)–C–C–N with tert-alkyl or cyclic N) is 1. The zero-order valence-corrected chi connectivity index (χ0v) is 17.1. The summed E-state index contributed by atoms with van der Waals surface area (Å²) in [5.41, 5.74) is 0.225. The van der Waals surface area contributed by atoms with E-state index in [1.807, 2.05) is 30.3 Å². The largest absolute Gasteiger partial charge is 0.496 e. The number of para-hydroxylation sites is 1. The van der Waals surface area contributed by atoms with E-state index in [2.05, 4.69) is 0 Å². The molecule has 1 atom stereocenters. The lowest BCUT2D eigenvalue weighted by atomic mass is 10.1. The number of rotatable bonds is 7. The molecule has 30 heavy (non-hydrogen) atoms. The molecule has 0 aliphatic carbocycles. The minimum atomic E-state index is -0.877. The van der Waals surface area contributed by atoms with E-state index in [1.54, 1.807) is 18.2 Å². The molecule has 1 aliphatic rings. The van der Waals surface area contributed by atoms with Gasteiger partial charge in [0.05, 0.1) is 26.9 Å². The number of benzene rings is 2. The van der Waals surface area contributed by atoms with Crippen LogP contribution in [0.15, 0.2) is 48.5 Å². The van der Waals surface area contributed by atoms with Gasteiger partial charge >= 0.3 is 0 Å². The van der Waals surface area contributed by atoms with Crippen LogP contribution in [0, 0.1) is 0 Å². The van der Waals surface area contributed by atoms with Crippen molar-refractivity contribution in [2.75, 3.05) is 47.0 Å². The maximum Gasteiger partial charge on any atom is 0.261 e. The normalized spacial score (nSPS) is 16.8. The number of aliphatic hydroxyl groups is 1. The SMILES string of the molecule is COc1cccc(OC)c1C(=O)N1CC(=O)N(CCOc2ccccc2)CC(O)C1. The zero-order chi connectivity index (χ0) is 21.5. The van der Waals surface area contributed by atoms with E-state index in [1.165, 1.54) is 24.0 Å². The van der Waals surface area contributed by atoms with Crippen LogP contribution in [0.2, 0.25) is 0 Å². The van der Waals surface area contributed by atoms with E-state index in [4.69, 9.17) is 14.2 Å². The molecule has 1 fully saturated rings. The van der Waals surface area contributed by atoms with Crippen molar-refractivity contribution in [3.63, 3.8) is 0 Å². The molecule has 0 aromatic heterocycles. The third-order valence-electron chi connectivity index (χ3n) is 4.84. The van der Waals surface area contributed by atoms with Crippen molar-refractivity contribution >= 4 is 11.8 Å². The third kappa shape index (κ3) is 5.01. The molecule has 0 spiro atoms. The predicted molar refractivity (Wildman–Crippen MR) is 110 cm³/mol. The number of carbonyl (C=O) groups is 2. The zero-order valence-electron chi connectivity index (χ0n) is 17.1. The second kappa shape index (κ2) is 9.98.